The van der Waals surface area contributed by atoms with Crippen molar-refractivity contribution in [2.75, 3.05) is 66.9 Å². The van der Waals surface area contributed by atoms with Crippen LogP contribution in [0.3, 0.4) is 0 Å². The Morgan fingerprint density at radius 3 is 2.68 bits per heavy atom. The van der Waals surface area contributed by atoms with Crippen molar-refractivity contribution in [2.24, 2.45) is 0 Å². The van der Waals surface area contributed by atoms with E-state index in [1.807, 2.05) is 12.1 Å². The van der Waals surface area contributed by atoms with Gasteiger partial charge in [-0.25, -0.2) is 13.4 Å². The van der Waals surface area contributed by atoms with E-state index in [9.17, 15) is 8.42 Å². The smallest absolute Gasteiger partial charge is 0.229 e. The Balaban J connectivity index is 1.41. The molecule has 2 aliphatic heterocycles. The van der Waals surface area contributed by atoms with Gasteiger partial charge in [-0.05, 0) is 19.2 Å². The summed E-state index contributed by atoms with van der Waals surface area (Å²) in [4.78, 5) is 13.5. The van der Waals surface area contributed by atoms with Crippen LogP contribution in [-0.2, 0) is 10.0 Å². The Morgan fingerprint density at radius 1 is 1.14 bits per heavy atom. The van der Waals surface area contributed by atoms with Crippen molar-refractivity contribution < 1.29 is 17.9 Å². The van der Waals surface area contributed by atoms with Crippen LogP contribution in [0.4, 0.5) is 34.5 Å². The lowest BCUT2D eigenvalue weighted by atomic mass is 10.1. The second-order valence-electron chi connectivity index (χ2n) is 9.00. The van der Waals surface area contributed by atoms with Crippen molar-refractivity contribution in [3.8, 4) is 11.5 Å². The number of para-hydroxylation sites is 2. The Hall–Kier alpha value is -3.48. The van der Waals surface area contributed by atoms with Gasteiger partial charge in [0.15, 0.2) is 5.82 Å². The highest BCUT2D eigenvalue weighted by atomic mass is 35.5. The maximum Gasteiger partial charge on any atom is 0.229 e. The molecule has 11 nitrogen and oxygen atoms in total. The van der Waals surface area contributed by atoms with Gasteiger partial charge in [0.2, 0.25) is 16.0 Å². The highest BCUT2D eigenvalue weighted by Crippen LogP contribution is 2.43. The number of nitrogens with zero attached hydrogens (tertiary/aromatic N) is 4. The van der Waals surface area contributed by atoms with E-state index in [4.69, 9.17) is 21.1 Å². The first-order valence-electron chi connectivity index (χ1n) is 11.6. The predicted molar refractivity (Wildman–Crippen MR) is 146 cm³/mol. The number of nitrogens with one attached hydrogen (secondary N) is 3. The average Bonchev–Trinajstić information content (AvgIpc) is 2.85. The van der Waals surface area contributed by atoms with Crippen LogP contribution in [0.25, 0.3) is 0 Å². The second-order valence-corrected chi connectivity index (χ2v) is 11.2. The molecule has 1 saturated heterocycles. The van der Waals surface area contributed by atoms with E-state index < -0.39 is 10.0 Å². The van der Waals surface area contributed by atoms with Gasteiger partial charge in [0, 0.05) is 31.8 Å². The highest BCUT2D eigenvalue weighted by Gasteiger charge is 2.32. The third-order valence-corrected chi connectivity index (χ3v) is 7.04. The van der Waals surface area contributed by atoms with Crippen molar-refractivity contribution >= 4 is 56.1 Å². The lowest BCUT2D eigenvalue weighted by Crippen LogP contribution is -2.56. The first kappa shape index (κ1) is 25.2. The molecule has 5 rings (SSSR count). The molecule has 0 amide bonds. The van der Waals surface area contributed by atoms with Crippen molar-refractivity contribution in [3.05, 3.63) is 47.6 Å². The summed E-state index contributed by atoms with van der Waals surface area (Å²) in [7, 11) is 0.256. The third-order valence-electron chi connectivity index (χ3n) is 6.17. The van der Waals surface area contributed by atoms with Gasteiger partial charge in [-0.1, -0.05) is 23.7 Å². The SMILES string of the molecule is COc1cc2c(cc1Nc1ncc(Cl)c(Nc3ccccc3NS(C)(=O)=O)n1)OC[C@H]1CN(C)CCN21. The van der Waals surface area contributed by atoms with Crippen molar-refractivity contribution in [1.29, 1.82) is 0 Å². The second kappa shape index (κ2) is 10.1. The number of piperazine rings is 1. The number of hydrogen-bond acceptors (Lipinski definition) is 10. The van der Waals surface area contributed by atoms with E-state index >= 15 is 0 Å². The average molecular weight is 546 g/mol. The number of sulfonamides is 1. The number of ether oxygens (including phenoxy) is 2. The van der Waals surface area contributed by atoms with Gasteiger partial charge in [-0.2, -0.15) is 4.98 Å². The summed E-state index contributed by atoms with van der Waals surface area (Å²) in [6.07, 6.45) is 2.55. The molecule has 2 aromatic carbocycles. The van der Waals surface area contributed by atoms with E-state index in [-0.39, 0.29) is 11.0 Å². The minimum absolute atomic E-state index is 0.265. The molecule has 2 aliphatic rings. The molecule has 3 N–H and O–H groups in total. The number of likely N-dealkylation sites (N-methyl/N-ethyl adjacent to an activating group) is 1. The predicted octanol–water partition coefficient (Wildman–Crippen LogP) is 3.51. The third kappa shape index (κ3) is 5.60. The van der Waals surface area contributed by atoms with Gasteiger partial charge in [0.1, 0.15) is 23.1 Å². The molecular weight excluding hydrogens is 518 g/mol. The molecule has 0 radical (unpaired) electrons. The molecule has 196 valence electrons. The molecule has 0 saturated carbocycles. The summed E-state index contributed by atoms with van der Waals surface area (Å²) in [5, 5.41) is 6.55. The summed E-state index contributed by atoms with van der Waals surface area (Å²) in [6.45, 7) is 3.45. The molecule has 3 heterocycles. The standard InChI is InChI=1S/C24H28ClN7O4S/c1-31-8-9-32-15(13-31)14-36-22-10-19(21(35-2)11-20(22)32)28-24-26-12-16(25)23(29-24)27-17-6-4-5-7-18(17)30-37(3,33)34/h4-7,10-12,15,30H,8-9,13-14H2,1-3H3,(H2,26,27,28,29)/t15-/m1/s1. The zero-order valence-electron chi connectivity index (χ0n) is 20.7. The molecule has 0 aliphatic carbocycles. The summed E-state index contributed by atoms with van der Waals surface area (Å²) < 4.78 is 37.8. The Labute approximate surface area is 220 Å². The molecule has 13 heteroatoms. The van der Waals surface area contributed by atoms with Crippen LogP contribution in [-0.4, -0.2) is 76.0 Å². The van der Waals surface area contributed by atoms with Gasteiger partial charge in [0.05, 0.1) is 48.4 Å². The normalized spacial score (nSPS) is 17.3. The fourth-order valence-corrected chi connectivity index (χ4v) is 5.17. The van der Waals surface area contributed by atoms with E-state index in [1.165, 1.54) is 6.20 Å². The summed E-state index contributed by atoms with van der Waals surface area (Å²) in [6, 6.07) is 11.0. The first-order valence-corrected chi connectivity index (χ1v) is 13.9. The number of aromatic nitrogens is 2. The van der Waals surface area contributed by atoms with Gasteiger partial charge in [-0.3, -0.25) is 4.72 Å². The number of halogens is 1. The minimum Gasteiger partial charge on any atom is -0.494 e. The summed E-state index contributed by atoms with van der Waals surface area (Å²) >= 11 is 6.36. The minimum atomic E-state index is -3.48. The monoisotopic (exact) mass is 545 g/mol. The number of benzene rings is 2. The molecule has 0 bridgehead atoms. The molecular formula is C24H28ClN7O4S. The Kier molecular flexibility index (Phi) is 6.88. The van der Waals surface area contributed by atoms with Gasteiger partial charge in [-0.15, -0.1) is 0 Å². The van der Waals surface area contributed by atoms with Crippen LogP contribution in [0.5, 0.6) is 11.5 Å². The fraction of sp³-hybridized carbons (Fsp3) is 0.333. The largest absolute Gasteiger partial charge is 0.494 e. The maximum absolute atomic E-state index is 11.8. The summed E-state index contributed by atoms with van der Waals surface area (Å²) in [5.74, 6) is 1.96. The molecule has 1 aromatic heterocycles. The number of rotatable bonds is 7. The molecule has 0 spiro atoms. The lowest BCUT2D eigenvalue weighted by Gasteiger charge is -2.44. The van der Waals surface area contributed by atoms with E-state index in [2.05, 4.69) is 42.2 Å². The van der Waals surface area contributed by atoms with Crippen LogP contribution >= 0.6 is 11.6 Å². The lowest BCUT2D eigenvalue weighted by molar-refractivity contribution is 0.188. The van der Waals surface area contributed by atoms with Crippen LogP contribution in [0.15, 0.2) is 42.6 Å². The Bertz CT molecular complexity index is 1420. The number of methoxy groups -OCH3 is 1. The topological polar surface area (TPSA) is 121 Å². The van der Waals surface area contributed by atoms with E-state index in [0.29, 0.717) is 41.3 Å². The van der Waals surface area contributed by atoms with E-state index in [0.717, 1.165) is 37.3 Å². The molecule has 1 fully saturated rings. The van der Waals surface area contributed by atoms with Crippen LogP contribution in [0.1, 0.15) is 0 Å². The zero-order chi connectivity index (χ0) is 26.2. The van der Waals surface area contributed by atoms with Crippen LogP contribution in [0, 0.1) is 0 Å². The highest BCUT2D eigenvalue weighted by molar-refractivity contribution is 7.92. The van der Waals surface area contributed by atoms with Gasteiger partial charge < -0.3 is 29.9 Å². The summed E-state index contributed by atoms with van der Waals surface area (Å²) in [5.41, 5.74) is 2.49. The maximum atomic E-state index is 11.8. The molecule has 37 heavy (non-hydrogen) atoms. The van der Waals surface area contributed by atoms with Crippen LogP contribution in [0.2, 0.25) is 5.02 Å². The fourth-order valence-electron chi connectivity index (χ4n) is 4.46. The van der Waals surface area contributed by atoms with Crippen molar-refractivity contribution in [3.63, 3.8) is 0 Å². The first-order chi connectivity index (χ1) is 17.7. The van der Waals surface area contributed by atoms with Crippen molar-refractivity contribution in [1.82, 2.24) is 14.9 Å². The number of anilines is 6. The quantitative estimate of drug-likeness (QED) is 0.406. The number of hydrogen-bond donors (Lipinski definition) is 3. The molecule has 1 atom stereocenters. The molecule has 0 unspecified atom stereocenters. The Morgan fingerprint density at radius 2 is 1.92 bits per heavy atom. The number of fused-ring (bicyclic) bond motifs is 3. The van der Waals surface area contributed by atoms with Crippen molar-refractivity contribution in [2.45, 2.75) is 6.04 Å². The molecule has 3 aromatic rings. The van der Waals surface area contributed by atoms with Gasteiger partial charge >= 0.3 is 0 Å². The van der Waals surface area contributed by atoms with Crippen LogP contribution < -0.4 is 29.7 Å². The van der Waals surface area contributed by atoms with Gasteiger partial charge in [0.25, 0.3) is 0 Å². The van der Waals surface area contributed by atoms with E-state index in [1.54, 1.807) is 31.4 Å². The zero-order valence-corrected chi connectivity index (χ0v) is 22.2.